The molecule has 4 rings (SSSR count). The summed E-state index contributed by atoms with van der Waals surface area (Å²) in [5, 5.41) is 0.766. The van der Waals surface area contributed by atoms with Crippen LogP contribution in [0.1, 0.15) is 36.0 Å². The molecule has 0 bridgehead atoms. The van der Waals surface area contributed by atoms with Gasteiger partial charge in [0.25, 0.3) is 0 Å². The lowest BCUT2D eigenvalue weighted by atomic mass is 10.2. The summed E-state index contributed by atoms with van der Waals surface area (Å²) >= 11 is 6.51. The van der Waals surface area contributed by atoms with Gasteiger partial charge in [0, 0.05) is 22.5 Å². The van der Waals surface area contributed by atoms with Gasteiger partial charge in [-0.15, -0.1) is 23.5 Å². The smallest absolute Gasteiger partial charge is 0.0628 e. The van der Waals surface area contributed by atoms with Gasteiger partial charge in [-0.2, -0.15) is 11.8 Å². The third-order valence-electron chi connectivity index (χ3n) is 5.40. The van der Waals surface area contributed by atoms with Gasteiger partial charge in [0.2, 0.25) is 0 Å². The molecule has 3 heteroatoms. The van der Waals surface area contributed by atoms with Gasteiger partial charge in [0.1, 0.15) is 0 Å². The number of rotatable bonds is 9. The monoisotopic (exact) mass is 436 g/mol. The third kappa shape index (κ3) is 6.34. The minimum absolute atomic E-state index is 0.333. The molecule has 1 aliphatic rings. The van der Waals surface area contributed by atoms with Crippen molar-refractivity contribution in [2.45, 2.75) is 45.9 Å². The maximum atomic E-state index is 2.26. The van der Waals surface area contributed by atoms with E-state index >= 15 is 0 Å². The maximum absolute atomic E-state index is 2.26. The highest BCUT2D eigenvalue weighted by Gasteiger charge is 2.40. The summed E-state index contributed by atoms with van der Waals surface area (Å²) < 4.78 is 0.333. The molecule has 0 N–H and O–H groups in total. The molecule has 0 amide bonds. The van der Waals surface area contributed by atoms with Crippen LogP contribution < -0.4 is 0 Å². The van der Waals surface area contributed by atoms with Gasteiger partial charge in [-0.1, -0.05) is 91.0 Å². The summed E-state index contributed by atoms with van der Waals surface area (Å²) in [5.41, 5.74) is 4.33. The quantitative estimate of drug-likeness (QED) is 0.312. The molecule has 1 unspecified atom stereocenters. The van der Waals surface area contributed by atoms with Crippen molar-refractivity contribution in [3.8, 4) is 0 Å². The lowest BCUT2D eigenvalue weighted by Crippen LogP contribution is -2.17. The van der Waals surface area contributed by atoms with Crippen molar-refractivity contribution >= 4 is 35.3 Å². The van der Waals surface area contributed by atoms with Gasteiger partial charge in [-0.25, -0.2) is 0 Å². The molecule has 0 aromatic heterocycles. The van der Waals surface area contributed by atoms with E-state index in [4.69, 9.17) is 0 Å². The molecule has 1 fully saturated rings. The Morgan fingerprint density at radius 2 is 1.07 bits per heavy atom. The zero-order valence-electron chi connectivity index (χ0n) is 16.7. The molecule has 29 heavy (non-hydrogen) atoms. The van der Waals surface area contributed by atoms with E-state index in [1.54, 1.807) is 0 Å². The normalized spacial score (nSPS) is 18.0. The van der Waals surface area contributed by atoms with Crippen LogP contribution in [-0.4, -0.2) is 9.33 Å². The Balaban J connectivity index is 1.39. The number of hydrogen-bond acceptors (Lipinski definition) is 3. The summed E-state index contributed by atoms with van der Waals surface area (Å²) in [7, 11) is 0. The second-order valence-electron chi connectivity index (χ2n) is 7.62. The van der Waals surface area contributed by atoms with E-state index in [9.17, 15) is 0 Å². The Bertz CT molecular complexity index is 805. The minimum Gasteiger partial charge on any atom is -0.154 e. The van der Waals surface area contributed by atoms with Crippen LogP contribution in [0.3, 0.4) is 0 Å². The highest BCUT2D eigenvalue weighted by molar-refractivity contribution is 8.17. The van der Waals surface area contributed by atoms with Gasteiger partial charge in [-0.3, -0.25) is 0 Å². The summed E-state index contributed by atoms with van der Waals surface area (Å²) in [5.74, 6) is 3.35. The molecule has 0 spiro atoms. The van der Waals surface area contributed by atoms with E-state index in [-0.39, 0.29) is 0 Å². The summed E-state index contributed by atoms with van der Waals surface area (Å²) in [6, 6.07) is 32.8. The summed E-state index contributed by atoms with van der Waals surface area (Å²) in [6.07, 6.45) is 3.95. The molecule has 1 atom stereocenters. The molecule has 0 saturated heterocycles. The highest BCUT2D eigenvalue weighted by Crippen LogP contribution is 2.54. The number of hydrogen-bond donors (Lipinski definition) is 0. The first-order chi connectivity index (χ1) is 14.3. The second kappa shape index (κ2) is 10.7. The Morgan fingerprint density at radius 1 is 0.621 bits per heavy atom. The molecule has 0 heterocycles. The van der Waals surface area contributed by atoms with Gasteiger partial charge < -0.3 is 0 Å². The first-order valence-corrected chi connectivity index (χ1v) is 13.3. The van der Waals surface area contributed by atoms with Crippen LogP contribution >= 0.6 is 35.3 Å². The maximum Gasteiger partial charge on any atom is 0.0628 e. The van der Waals surface area contributed by atoms with Gasteiger partial charge >= 0.3 is 0 Å². The topological polar surface area (TPSA) is 0 Å². The van der Waals surface area contributed by atoms with Crippen LogP contribution in [0, 0.1) is 0 Å². The fourth-order valence-corrected chi connectivity index (χ4v) is 8.36. The molecule has 1 saturated carbocycles. The average molecular weight is 437 g/mol. The van der Waals surface area contributed by atoms with Crippen molar-refractivity contribution in [2.75, 3.05) is 0 Å². The molecular weight excluding hydrogens is 408 g/mol. The van der Waals surface area contributed by atoms with E-state index < -0.39 is 0 Å². The van der Waals surface area contributed by atoms with Crippen molar-refractivity contribution in [3.05, 3.63) is 108 Å². The SMILES string of the molecule is c1ccc(CSC2CCC(SCc3ccccc3)(SCc3ccccc3)C2)cc1. The van der Waals surface area contributed by atoms with Crippen molar-refractivity contribution in [2.24, 2.45) is 0 Å². The van der Waals surface area contributed by atoms with Crippen molar-refractivity contribution in [1.82, 2.24) is 0 Å². The molecule has 0 nitrogen and oxygen atoms in total. The van der Waals surface area contributed by atoms with E-state index in [1.807, 2.05) is 0 Å². The van der Waals surface area contributed by atoms with Crippen LogP contribution in [0.2, 0.25) is 0 Å². The molecular formula is C26H28S3. The summed E-state index contributed by atoms with van der Waals surface area (Å²) in [6.45, 7) is 0. The fraction of sp³-hybridized carbons (Fsp3) is 0.308. The fourth-order valence-electron chi connectivity index (χ4n) is 3.74. The van der Waals surface area contributed by atoms with Crippen molar-refractivity contribution in [3.63, 3.8) is 0 Å². The van der Waals surface area contributed by atoms with Gasteiger partial charge in [0.05, 0.1) is 4.08 Å². The first kappa shape index (κ1) is 21.0. The highest BCUT2D eigenvalue weighted by atomic mass is 32.2. The Hall–Kier alpha value is -1.29. The van der Waals surface area contributed by atoms with Crippen LogP contribution in [0.25, 0.3) is 0 Å². The Labute approximate surface area is 188 Å². The van der Waals surface area contributed by atoms with E-state index in [0.29, 0.717) is 4.08 Å². The number of thioether (sulfide) groups is 3. The lowest BCUT2D eigenvalue weighted by Gasteiger charge is -2.29. The van der Waals surface area contributed by atoms with Crippen LogP contribution in [0.5, 0.6) is 0 Å². The van der Waals surface area contributed by atoms with E-state index in [1.165, 1.54) is 36.0 Å². The average Bonchev–Trinajstić information content (AvgIpc) is 3.21. The zero-order chi connectivity index (χ0) is 19.8. The van der Waals surface area contributed by atoms with Crippen molar-refractivity contribution in [1.29, 1.82) is 0 Å². The molecule has 150 valence electrons. The number of benzene rings is 3. The second-order valence-corrected chi connectivity index (χ2v) is 11.9. The molecule has 0 radical (unpaired) electrons. The molecule has 3 aromatic rings. The van der Waals surface area contributed by atoms with Crippen LogP contribution in [0.4, 0.5) is 0 Å². The van der Waals surface area contributed by atoms with Gasteiger partial charge in [0.15, 0.2) is 0 Å². The lowest BCUT2D eigenvalue weighted by molar-refractivity contribution is 0.841. The minimum atomic E-state index is 0.333. The molecule has 0 aliphatic heterocycles. The zero-order valence-corrected chi connectivity index (χ0v) is 19.2. The summed E-state index contributed by atoms with van der Waals surface area (Å²) in [4.78, 5) is 0. The Kier molecular flexibility index (Phi) is 7.70. The first-order valence-electron chi connectivity index (χ1n) is 10.3. The predicted molar refractivity (Wildman–Crippen MR) is 134 cm³/mol. The predicted octanol–water partition coefficient (Wildman–Crippen LogP) is 8.04. The van der Waals surface area contributed by atoms with E-state index in [2.05, 4.69) is 126 Å². The molecule has 3 aromatic carbocycles. The van der Waals surface area contributed by atoms with Gasteiger partial charge in [-0.05, 0) is 36.0 Å². The van der Waals surface area contributed by atoms with Crippen LogP contribution in [-0.2, 0) is 17.3 Å². The van der Waals surface area contributed by atoms with Crippen LogP contribution in [0.15, 0.2) is 91.0 Å². The van der Waals surface area contributed by atoms with Crippen molar-refractivity contribution < 1.29 is 0 Å². The largest absolute Gasteiger partial charge is 0.154 e. The Morgan fingerprint density at radius 3 is 1.55 bits per heavy atom. The standard InChI is InChI=1S/C26H28S3/c1-4-10-22(11-5-1)19-27-25-16-17-26(18-25,28-20-23-12-6-2-7-13-23)29-21-24-14-8-3-9-15-24/h1-15,25H,16-21H2. The third-order valence-corrected chi connectivity index (χ3v) is 10.2. The molecule has 1 aliphatic carbocycles. The van der Waals surface area contributed by atoms with E-state index in [0.717, 1.165) is 22.5 Å².